The van der Waals surface area contributed by atoms with E-state index < -0.39 is 0 Å². The lowest BCUT2D eigenvalue weighted by atomic mass is 9.98. The van der Waals surface area contributed by atoms with Crippen LogP contribution in [0.5, 0.6) is 0 Å². The Bertz CT molecular complexity index is 467. The second kappa shape index (κ2) is 5.63. The van der Waals surface area contributed by atoms with E-state index in [2.05, 4.69) is 22.4 Å². The highest BCUT2D eigenvalue weighted by atomic mass is 15.2. The van der Waals surface area contributed by atoms with Crippen LogP contribution in [0.4, 0.5) is 5.69 Å². The van der Waals surface area contributed by atoms with E-state index in [-0.39, 0.29) is 0 Å². The number of benzene rings is 1. The van der Waals surface area contributed by atoms with Crippen LogP contribution in [0.15, 0.2) is 24.3 Å². The molecule has 0 aromatic heterocycles. The third-order valence-electron chi connectivity index (χ3n) is 4.15. The van der Waals surface area contributed by atoms with Crippen molar-refractivity contribution in [1.82, 2.24) is 5.32 Å². The molecule has 2 aliphatic rings. The molecule has 1 aliphatic heterocycles. The Morgan fingerprint density at radius 3 is 2.89 bits per heavy atom. The predicted molar refractivity (Wildman–Crippen MR) is 77.1 cm³/mol. The van der Waals surface area contributed by atoms with Crippen molar-refractivity contribution in [2.45, 2.75) is 31.7 Å². The fourth-order valence-corrected chi connectivity index (χ4v) is 2.96. The molecule has 3 nitrogen and oxygen atoms in total. The van der Waals surface area contributed by atoms with E-state index >= 15 is 0 Å². The van der Waals surface area contributed by atoms with Crippen molar-refractivity contribution < 1.29 is 0 Å². The molecule has 19 heavy (non-hydrogen) atoms. The normalized spacial score (nSPS) is 22.8. The van der Waals surface area contributed by atoms with Gasteiger partial charge in [0.1, 0.15) is 0 Å². The molecule has 1 unspecified atom stereocenters. The topological polar surface area (TPSA) is 39.1 Å². The summed E-state index contributed by atoms with van der Waals surface area (Å²) in [6.45, 7) is 3.44. The summed E-state index contributed by atoms with van der Waals surface area (Å²) < 4.78 is 0. The molecule has 1 N–H and O–H groups in total. The van der Waals surface area contributed by atoms with Gasteiger partial charge in [0, 0.05) is 18.3 Å². The van der Waals surface area contributed by atoms with Crippen molar-refractivity contribution in [1.29, 1.82) is 5.26 Å². The standard InChI is InChI=1S/C16H21N3/c17-10-13-3-1-5-16(9-13)19(15-6-7-15)12-14-4-2-8-18-11-14/h1,3,5,9,14-15,18H,2,4,6-8,11-12H2. The van der Waals surface area contributed by atoms with Gasteiger partial charge in [-0.3, -0.25) is 0 Å². The fourth-order valence-electron chi connectivity index (χ4n) is 2.96. The smallest absolute Gasteiger partial charge is 0.0992 e. The second-order valence-electron chi connectivity index (χ2n) is 5.76. The van der Waals surface area contributed by atoms with E-state index in [1.165, 1.54) is 37.9 Å². The minimum atomic E-state index is 0.705. The minimum Gasteiger partial charge on any atom is -0.368 e. The van der Waals surface area contributed by atoms with E-state index in [9.17, 15) is 0 Å². The lowest BCUT2D eigenvalue weighted by Crippen LogP contribution is -2.39. The molecule has 1 aromatic rings. The Balaban J connectivity index is 1.74. The number of piperidine rings is 1. The van der Waals surface area contributed by atoms with Crippen molar-refractivity contribution in [3.05, 3.63) is 29.8 Å². The maximum atomic E-state index is 9.04. The molecule has 1 heterocycles. The molecule has 0 bridgehead atoms. The zero-order valence-corrected chi connectivity index (χ0v) is 11.3. The van der Waals surface area contributed by atoms with Crippen molar-refractivity contribution >= 4 is 5.69 Å². The van der Waals surface area contributed by atoms with Crippen LogP contribution in [-0.4, -0.2) is 25.7 Å². The van der Waals surface area contributed by atoms with Crippen LogP contribution in [0.2, 0.25) is 0 Å². The van der Waals surface area contributed by atoms with Gasteiger partial charge >= 0.3 is 0 Å². The number of nitrogens with zero attached hydrogens (tertiary/aromatic N) is 2. The first-order chi connectivity index (χ1) is 9.36. The van der Waals surface area contributed by atoms with Gasteiger partial charge in [-0.1, -0.05) is 6.07 Å². The van der Waals surface area contributed by atoms with Gasteiger partial charge in [-0.15, -0.1) is 0 Å². The van der Waals surface area contributed by atoms with Crippen LogP contribution in [0.25, 0.3) is 0 Å². The highest BCUT2D eigenvalue weighted by Gasteiger charge is 2.31. The first-order valence-corrected chi connectivity index (χ1v) is 7.34. The van der Waals surface area contributed by atoms with Gasteiger partial charge in [0.05, 0.1) is 11.6 Å². The van der Waals surface area contributed by atoms with E-state index in [0.29, 0.717) is 6.04 Å². The van der Waals surface area contributed by atoms with E-state index in [1.54, 1.807) is 0 Å². The monoisotopic (exact) mass is 255 g/mol. The molecule has 1 aromatic carbocycles. The van der Waals surface area contributed by atoms with Crippen LogP contribution in [-0.2, 0) is 0 Å². The molecule has 100 valence electrons. The molecule has 3 heteroatoms. The summed E-state index contributed by atoms with van der Waals surface area (Å²) in [5, 5.41) is 12.5. The first kappa shape index (κ1) is 12.5. The van der Waals surface area contributed by atoms with Gasteiger partial charge in [-0.2, -0.15) is 5.26 Å². The number of rotatable bonds is 4. The second-order valence-corrected chi connectivity index (χ2v) is 5.76. The number of nitrogens with one attached hydrogen (secondary N) is 1. The molecule has 1 saturated heterocycles. The molecular weight excluding hydrogens is 234 g/mol. The predicted octanol–water partition coefficient (Wildman–Crippen LogP) is 2.53. The highest BCUT2D eigenvalue weighted by Crippen LogP contribution is 2.33. The quantitative estimate of drug-likeness (QED) is 0.898. The van der Waals surface area contributed by atoms with Gasteiger partial charge in [-0.25, -0.2) is 0 Å². The van der Waals surface area contributed by atoms with Gasteiger partial charge in [0.2, 0.25) is 0 Å². The molecule has 0 spiro atoms. The number of nitriles is 1. The molecule has 2 fully saturated rings. The Labute approximate surface area is 115 Å². The van der Waals surface area contributed by atoms with Crippen LogP contribution < -0.4 is 10.2 Å². The summed E-state index contributed by atoms with van der Waals surface area (Å²) in [4.78, 5) is 2.53. The summed E-state index contributed by atoms with van der Waals surface area (Å²) in [7, 11) is 0. The highest BCUT2D eigenvalue weighted by molar-refractivity contribution is 5.53. The number of hydrogen-bond donors (Lipinski definition) is 1. The third-order valence-corrected chi connectivity index (χ3v) is 4.15. The average Bonchev–Trinajstić information content (AvgIpc) is 3.30. The largest absolute Gasteiger partial charge is 0.368 e. The van der Waals surface area contributed by atoms with Crippen molar-refractivity contribution in [2.75, 3.05) is 24.5 Å². The number of hydrogen-bond acceptors (Lipinski definition) is 3. The van der Waals surface area contributed by atoms with Crippen LogP contribution >= 0.6 is 0 Å². The van der Waals surface area contributed by atoms with Crippen LogP contribution in [0.1, 0.15) is 31.2 Å². The maximum absolute atomic E-state index is 9.04. The average molecular weight is 255 g/mol. The summed E-state index contributed by atoms with van der Waals surface area (Å²) in [6, 6.07) is 11.0. The lowest BCUT2D eigenvalue weighted by molar-refractivity contribution is 0.376. The van der Waals surface area contributed by atoms with Crippen molar-refractivity contribution in [3.8, 4) is 6.07 Å². The molecule has 1 saturated carbocycles. The summed E-state index contributed by atoms with van der Waals surface area (Å²) in [5.41, 5.74) is 2.00. The minimum absolute atomic E-state index is 0.705. The zero-order valence-electron chi connectivity index (χ0n) is 11.3. The first-order valence-electron chi connectivity index (χ1n) is 7.34. The fraction of sp³-hybridized carbons (Fsp3) is 0.562. The molecule has 0 radical (unpaired) electrons. The Kier molecular flexibility index (Phi) is 3.70. The van der Waals surface area contributed by atoms with Gasteiger partial charge in [-0.05, 0) is 62.9 Å². The van der Waals surface area contributed by atoms with Crippen molar-refractivity contribution in [2.24, 2.45) is 5.92 Å². The zero-order chi connectivity index (χ0) is 13.1. The van der Waals surface area contributed by atoms with E-state index in [1.807, 2.05) is 18.2 Å². The molecule has 1 atom stereocenters. The third kappa shape index (κ3) is 3.08. The lowest BCUT2D eigenvalue weighted by Gasteiger charge is -2.32. The SMILES string of the molecule is N#Cc1cccc(N(CC2CCCNC2)C2CC2)c1. The Morgan fingerprint density at radius 1 is 1.32 bits per heavy atom. The van der Waals surface area contributed by atoms with E-state index in [0.717, 1.165) is 24.6 Å². The molecule has 0 amide bonds. The van der Waals surface area contributed by atoms with Gasteiger partial charge in [0.25, 0.3) is 0 Å². The van der Waals surface area contributed by atoms with E-state index in [4.69, 9.17) is 5.26 Å². The molecule has 3 rings (SSSR count). The summed E-state index contributed by atoms with van der Waals surface area (Å²) >= 11 is 0. The van der Waals surface area contributed by atoms with Crippen molar-refractivity contribution in [3.63, 3.8) is 0 Å². The maximum Gasteiger partial charge on any atom is 0.0992 e. The number of anilines is 1. The van der Waals surface area contributed by atoms with Crippen LogP contribution in [0.3, 0.4) is 0 Å². The van der Waals surface area contributed by atoms with Gasteiger partial charge in [0.15, 0.2) is 0 Å². The summed E-state index contributed by atoms with van der Waals surface area (Å²) in [6.07, 6.45) is 5.23. The van der Waals surface area contributed by atoms with Crippen LogP contribution in [0, 0.1) is 17.2 Å². The van der Waals surface area contributed by atoms with Gasteiger partial charge < -0.3 is 10.2 Å². The summed E-state index contributed by atoms with van der Waals surface area (Å²) in [5.74, 6) is 0.750. The molecule has 1 aliphatic carbocycles. The Morgan fingerprint density at radius 2 is 2.21 bits per heavy atom. The Hall–Kier alpha value is -1.53. The molecular formula is C16H21N3.